The summed E-state index contributed by atoms with van der Waals surface area (Å²) in [6.45, 7) is 8.22. The Balaban J connectivity index is 2.79. The van der Waals surface area contributed by atoms with E-state index in [0.717, 1.165) is 0 Å². The summed E-state index contributed by atoms with van der Waals surface area (Å²) in [5.74, 6) is -3.86. The molecule has 146 valence electrons. The lowest BCUT2D eigenvalue weighted by atomic mass is 9.49. The van der Waals surface area contributed by atoms with E-state index in [2.05, 4.69) is 12.1 Å². The summed E-state index contributed by atoms with van der Waals surface area (Å²) < 4.78 is 24.1. The Labute approximate surface area is 165 Å². The van der Waals surface area contributed by atoms with Crippen molar-refractivity contribution in [2.75, 3.05) is 26.4 Å². The first-order chi connectivity index (χ1) is 13.0. The predicted molar refractivity (Wildman–Crippen MR) is 99.8 cm³/mol. The van der Waals surface area contributed by atoms with Crippen LogP contribution in [0.2, 0.25) is 5.02 Å². The number of rotatable bonds is 9. The molecule has 1 atom stereocenters. The van der Waals surface area contributed by atoms with Crippen LogP contribution in [0, 0.1) is 28.1 Å². The van der Waals surface area contributed by atoms with E-state index in [1.165, 1.54) is 0 Å². The van der Waals surface area contributed by atoms with E-state index in [1.807, 2.05) is 13.8 Å². The quantitative estimate of drug-likeness (QED) is 0.590. The minimum Gasteiger partial charge on any atom is -0.345 e. The van der Waals surface area contributed by atoms with E-state index in [0.29, 0.717) is 23.8 Å². The Hall–Kier alpha value is -1.67. The lowest BCUT2D eigenvalue weighted by Gasteiger charge is -2.66. The van der Waals surface area contributed by atoms with Crippen molar-refractivity contribution >= 4 is 11.6 Å². The van der Waals surface area contributed by atoms with Crippen LogP contribution >= 0.6 is 11.6 Å². The Kier molecular flexibility index (Phi) is 6.86. The van der Waals surface area contributed by atoms with E-state index in [-0.39, 0.29) is 13.2 Å². The van der Waals surface area contributed by atoms with Crippen molar-refractivity contribution in [1.29, 1.82) is 10.5 Å². The molecule has 1 saturated carbocycles. The van der Waals surface area contributed by atoms with Gasteiger partial charge in [0.15, 0.2) is 0 Å². The molecule has 0 N–H and O–H groups in total. The molecule has 1 aliphatic rings. The predicted octanol–water partition coefficient (Wildman–Crippen LogP) is 4.01. The van der Waals surface area contributed by atoms with Gasteiger partial charge in [-0.3, -0.25) is 0 Å². The molecule has 0 saturated heterocycles. The van der Waals surface area contributed by atoms with Gasteiger partial charge in [0, 0.05) is 31.5 Å². The lowest BCUT2D eigenvalue weighted by Crippen LogP contribution is -2.83. The molecule has 0 aliphatic heterocycles. The highest BCUT2D eigenvalue weighted by atomic mass is 35.5. The molecule has 2 rings (SSSR count). The highest BCUT2D eigenvalue weighted by Gasteiger charge is 2.87. The summed E-state index contributed by atoms with van der Waals surface area (Å²) in [5, 5.41) is 20.8. The van der Waals surface area contributed by atoms with Gasteiger partial charge in [-0.15, -0.1) is 0 Å². The lowest BCUT2D eigenvalue weighted by molar-refractivity contribution is -0.496. The van der Waals surface area contributed by atoms with E-state index >= 15 is 0 Å². The molecule has 7 heteroatoms. The summed E-state index contributed by atoms with van der Waals surface area (Å²) in [5.41, 5.74) is -0.962. The number of benzene rings is 1. The van der Waals surface area contributed by atoms with Gasteiger partial charge in [0.25, 0.3) is 5.79 Å². The van der Waals surface area contributed by atoms with E-state index in [1.54, 1.807) is 38.1 Å². The van der Waals surface area contributed by atoms with E-state index < -0.39 is 22.9 Å². The Morgan fingerprint density at radius 3 is 1.67 bits per heavy atom. The van der Waals surface area contributed by atoms with Crippen LogP contribution in [-0.2, 0) is 18.9 Å². The molecule has 0 aromatic heterocycles. The molecule has 1 aromatic carbocycles. The monoisotopic (exact) mass is 392 g/mol. The second-order valence-corrected chi connectivity index (χ2v) is 6.47. The summed E-state index contributed by atoms with van der Waals surface area (Å²) in [4.78, 5) is 0. The zero-order chi connectivity index (χ0) is 20.1. The Morgan fingerprint density at radius 2 is 1.30 bits per heavy atom. The van der Waals surface area contributed by atoms with Crippen LogP contribution in [-0.4, -0.2) is 38.0 Å². The molecule has 0 heterocycles. The third-order valence-electron chi connectivity index (χ3n) is 4.76. The number of hydrogen-bond acceptors (Lipinski definition) is 6. The average Bonchev–Trinajstić information content (AvgIpc) is 2.66. The molecular formula is C20H25ClN2O4. The topological polar surface area (TPSA) is 84.5 Å². The summed E-state index contributed by atoms with van der Waals surface area (Å²) in [6.07, 6.45) is 0. The van der Waals surface area contributed by atoms with Crippen LogP contribution in [0.3, 0.4) is 0 Å². The zero-order valence-corrected chi connectivity index (χ0v) is 16.9. The molecule has 0 radical (unpaired) electrons. The third kappa shape index (κ3) is 2.93. The van der Waals surface area contributed by atoms with Gasteiger partial charge in [-0.25, -0.2) is 0 Å². The molecule has 0 spiro atoms. The van der Waals surface area contributed by atoms with Crippen LogP contribution in [0.25, 0.3) is 0 Å². The van der Waals surface area contributed by atoms with Gasteiger partial charge in [0.05, 0.1) is 18.1 Å². The van der Waals surface area contributed by atoms with Crippen molar-refractivity contribution in [2.45, 2.75) is 45.2 Å². The first-order valence-electron chi connectivity index (χ1n) is 9.12. The van der Waals surface area contributed by atoms with E-state index in [4.69, 9.17) is 30.5 Å². The fourth-order valence-electron chi connectivity index (χ4n) is 3.99. The second kappa shape index (κ2) is 8.56. The molecule has 0 amide bonds. The molecule has 1 aliphatic carbocycles. The van der Waals surface area contributed by atoms with Crippen LogP contribution in [0.4, 0.5) is 0 Å². The van der Waals surface area contributed by atoms with Gasteiger partial charge in [0.2, 0.25) is 11.2 Å². The normalized spacial score (nSPS) is 21.7. The first kappa shape index (κ1) is 21.6. The smallest absolute Gasteiger partial charge is 0.258 e. The number of ether oxygens (including phenoxy) is 4. The van der Waals surface area contributed by atoms with Crippen molar-refractivity contribution in [1.82, 2.24) is 0 Å². The van der Waals surface area contributed by atoms with Crippen molar-refractivity contribution < 1.29 is 18.9 Å². The maximum absolute atomic E-state index is 10.1. The zero-order valence-electron chi connectivity index (χ0n) is 16.1. The summed E-state index contributed by atoms with van der Waals surface area (Å²) in [7, 11) is 0. The maximum Gasteiger partial charge on any atom is 0.258 e. The largest absolute Gasteiger partial charge is 0.345 e. The molecular weight excluding hydrogens is 368 g/mol. The van der Waals surface area contributed by atoms with Crippen LogP contribution < -0.4 is 0 Å². The van der Waals surface area contributed by atoms with Gasteiger partial charge in [0.1, 0.15) is 0 Å². The Bertz CT molecular complexity index is 697. The fraction of sp³-hybridized carbons (Fsp3) is 0.600. The van der Waals surface area contributed by atoms with Crippen molar-refractivity contribution in [2.24, 2.45) is 5.41 Å². The van der Waals surface area contributed by atoms with Gasteiger partial charge >= 0.3 is 0 Å². The van der Waals surface area contributed by atoms with Crippen LogP contribution in [0.1, 0.15) is 39.2 Å². The summed E-state index contributed by atoms with van der Waals surface area (Å²) >= 11 is 6.02. The van der Waals surface area contributed by atoms with Crippen molar-refractivity contribution in [3.05, 3.63) is 34.9 Å². The van der Waals surface area contributed by atoms with Gasteiger partial charge in [-0.05, 0) is 45.4 Å². The summed E-state index contributed by atoms with van der Waals surface area (Å²) in [6, 6.07) is 11.3. The van der Waals surface area contributed by atoms with Crippen molar-refractivity contribution in [3.8, 4) is 12.1 Å². The minimum absolute atomic E-state index is 0.223. The van der Waals surface area contributed by atoms with Crippen LogP contribution in [0.5, 0.6) is 0 Å². The molecule has 0 unspecified atom stereocenters. The number of nitriles is 2. The fourth-order valence-corrected chi connectivity index (χ4v) is 4.12. The molecule has 1 aromatic rings. The number of hydrogen-bond donors (Lipinski definition) is 0. The molecule has 6 nitrogen and oxygen atoms in total. The van der Waals surface area contributed by atoms with Crippen LogP contribution in [0.15, 0.2) is 24.3 Å². The van der Waals surface area contributed by atoms with Gasteiger partial charge in [-0.1, -0.05) is 23.7 Å². The van der Waals surface area contributed by atoms with Crippen molar-refractivity contribution in [3.63, 3.8) is 0 Å². The maximum atomic E-state index is 10.1. The highest BCUT2D eigenvalue weighted by Crippen LogP contribution is 2.69. The third-order valence-corrected chi connectivity index (χ3v) is 5.01. The molecule has 27 heavy (non-hydrogen) atoms. The van der Waals surface area contributed by atoms with Gasteiger partial charge in [-0.2, -0.15) is 10.5 Å². The highest BCUT2D eigenvalue weighted by molar-refractivity contribution is 6.30. The minimum atomic E-state index is -1.68. The first-order valence-corrected chi connectivity index (χ1v) is 9.50. The standard InChI is InChI=1S/C20H25ClN2O4/c1-5-24-19(25-6-2)17(15-9-11-16(21)12-10-15)18(13-22,14-23)20(19,26-7-3)27-8-4/h9-12,17H,5-8H2,1-4H3/t17-/m0/s1. The number of halogens is 1. The van der Waals surface area contributed by atoms with Gasteiger partial charge < -0.3 is 18.9 Å². The van der Waals surface area contributed by atoms with E-state index in [9.17, 15) is 10.5 Å². The second-order valence-electron chi connectivity index (χ2n) is 6.03. The molecule has 0 bridgehead atoms. The molecule has 1 fully saturated rings. The SMILES string of the molecule is CCOC1(OCC)[C@@H](c2ccc(Cl)cc2)C(C#N)(C#N)C1(OCC)OCC. The number of nitrogens with zero attached hydrogens (tertiary/aromatic N) is 2. The Morgan fingerprint density at radius 1 is 0.852 bits per heavy atom. The average molecular weight is 393 g/mol.